The number of hydrogen-bond donors (Lipinski definition) is 1. The van der Waals surface area contributed by atoms with E-state index in [-0.39, 0.29) is 24.0 Å². The van der Waals surface area contributed by atoms with Gasteiger partial charge in [-0.15, -0.1) is 24.0 Å². The first-order valence-corrected chi connectivity index (χ1v) is 10.7. The molecule has 0 spiro atoms. The van der Waals surface area contributed by atoms with Crippen LogP contribution >= 0.6 is 24.0 Å². The average molecular weight is 562 g/mol. The van der Waals surface area contributed by atoms with Crippen LogP contribution in [0.3, 0.4) is 0 Å². The van der Waals surface area contributed by atoms with Gasteiger partial charge in [-0.3, -0.25) is 4.99 Å². The summed E-state index contributed by atoms with van der Waals surface area (Å²) in [6, 6.07) is 18.1. The summed E-state index contributed by atoms with van der Waals surface area (Å²) in [5.74, 6) is 2.61. The van der Waals surface area contributed by atoms with Gasteiger partial charge in [0.25, 0.3) is 0 Å². The Labute approximate surface area is 212 Å². The lowest BCUT2D eigenvalue weighted by Crippen LogP contribution is -2.52. The molecule has 9 heteroatoms. The Hall–Kier alpha value is -2.95. The number of nitrogens with zero attached hydrogens (tertiary/aromatic N) is 5. The van der Waals surface area contributed by atoms with Crippen LogP contribution in [-0.2, 0) is 6.54 Å². The van der Waals surface area contributed by atoms with Gasteiger partial charge in [0, 0.05) is 45.1 Å². The molecule has 8 nitrogen and oxygen atoms in total. The maximum atomic E-state index is 5.26. The molecule has 176 valence electrons. The van der Waals surface area contributed by atoms with Crippen LogP contribution in [0.2, 0.25) is 0 Å². The first-order chi connectivity index (χ1) is 15.7. The van der Waals surface area contributed by atoms with Gasteiger partial charge in [-0.05, 0) is 54.6 Å². The van der Waals surface area contributed by atoms with Crippen LogP contribution in [0.25, 0.3) is 5.69 Å². The van der Waals surface area contributed by atoms with Crippen molar-refractivity contribution in [3.63, 3.8) is 0 Å². The van der Waals surface area contributed by atoms with E-state index >= 15 is 0 Å². The van der Waals surface area contributed by atoms with E-state index in [0.29, 0.717) is 6.54 Å². The highest BCUT2D eigenvalue weighted by Crippen LogP contribution is 2.20. The number of benzene rings is 2. The predicted molar refractivity (Wildman–Crippen MR) is 143 cm³/mol. The third-order valence-electron chi connectivity index (χ3n) is 5.64. The van der Waals surface area contributed by atoms with Crippen molar-refractivity contribution in [3.05, 3.63) is 66.5 Å². The third-order valence-corrected chi connectivity index (χ3v) is 5.64. The number of aromatic nitrogens is 2. The van der Waals surface area contributed by atoms with E-state index in [1.165, 1.54) is 5.69 Å². The zero-order chi connectivity index (χ0) is 22.3. The van der Waals surface area contributed by atoms with Crippen LogP contribution in [0.5, 0.6) is 11.5 Å². The van der Waals surface area contributed by atoms with Crippen LogP contribution in [0.15, 0.2) is 65.8 Å². The molecule has 33 heavy (non-hydrogen) atoms. The molecule has 0 amide bonds. The Morgan fingerprint density at radius 3 is 2.00 bits per heavy atom. The van der Waals surface area contributed by atoms with Crippen LogP contribution in [-0.4, -0.2) is 68.1 Å². The van der Waals surface area contributed by atoms with Gasteiger partial charge in [0.05, 0.1) is 32.1 Å². The van der Waals surface area contributed by atoms with Crippen molar-refractivity contribution in [2.45, 2.75) is 6.54 Å². The summed E-state index contributed by atoms with van der Waals surface area (Å²) in [7, 11) is 5.18. The Bertz CT molecular complexity index is 1030. The van der Waals surface area contributed by atoms with E-state index in [2.05, 4.69) is 37.3 Å². The molecule has 1 aliphatic rings. The standard InChI is InChI=1S/C24H30N6O2.HI/c1-25-24(29-16-14-28(15-17-29)20-4-8-22(31-2)9-5-20)26-18-19-12-13-30(27-19)21-6-10-23(32-3)11-7-21;/h4-13H,14-18H2,1-3H3,(H,25,26);1H. The van der Waals surface area contributed by atoms with Gasteiger partial charge in [0.1, 0.15) is 11.5 Å². The Balaban J connectivity index is 0.00000306. The number of piperazine rings is 1. The van der Waals surface area contributed by atoms with Crippen LogP contribution < -0.4 is 19.7 Å². The van der Waals surface area contributed by atoms with Crippen LogP contribution in [0.1, 0.15) is 5.69 Å². The molecule has 0 atom stereocenters. The van der Waals surface area contributed by atoms with Crippen molar-refractivity contribution in [1.82, 2.24) is 20.0 Å². The molecule has 0 saturated carbocycles. The lowest BCUT2D eigenvalue weighted by molar-refractivity contribution is 0.372. The first kappa shape index (κ1) is 24.7. The minimum absolute atomic E-state index is 0. The lowest BCUT2D eigenvalue weighted by Gasteiger charge is -2.37. The van der Waals surface area contributed by atoms with Gasteiger partial charge in [-0.1, -0.05) is 0 Å². The van der Waals surface area contributed by atoms with Crippen molar-refractivity contribution >= 4 is 35.6 Å². The van der Waals surface area contributed by atoms with Gasteiger partial charge in [-0.2, -0.15) is 5.10 Å². The molecular weight excluding hydrogens is 531 g/mol. The highest BCUT2D eigenvalue weighted by atomic mass is 127. The zero-order valence-corrected chi connectivity index (χ0v) is 21.6. The number of guanidine groups is 1. The van der Waals surface area contributed by atoms with Gasteiger partial charge >= 0.3 is 0 Å². The molecule has 2 aromatic carbocycles. The predicted octanol–water partition coefficient (Wildman–Crippen LogP) is 3.41. The Kier molecular flexibility index (Phi) is 8.81. The highest BCUT2D eigenvalue weighted by Gasteiger charge is 2.20. The van der Waals surface area contributed by atoms with Crippen molar-refractivity contribution < 1.29 is 9.47 Å². The van der Waals surface area contributed by atoms with Gasteiger partial charge in [0.15, 0.2) is 5.96 Å². The largest absolute Gasteiger partial charge is 0.497 e. The van der Waals surface area contributed by atoms with E-state index in [9.17, 15) is 0 Å². The highest BCUT2D eigenvalue weighted by molar-refractivity contribution is 14.0. The molecule has 3 aromatic rings. The number of nitrogens with one attached hydrogen (secondary N) is 1. The summed E-state index contributed by atoms with van der Waals surface area (Å²) in [4.78, 5) is 9.16. The molecule has 0 unspecified atom stereocenters. The number of halogens is 1. The molecule has 1 N–H and O–H groups in total. The monoisotopic (exact) mass is 562 g/mol. The maximum Gasteiger partial charge on any atom is 0.194 e. The fraction of sp³-hybridized carbons (Fsp3) is 0.333. The topological polar surface area (TPSA) is 67.2 Å². The first-order valence-electron chi connectivity index (χ1n) is 10.7. The van der Waals surface area contributed by atoms with E-state index in [0.717, 1.165) is 55.0 Å². The molecule has 1 aliphatic heterocycles. The number of rotatable bonds is 6. The molecular formula is C24H31IN6O2. The molecule has 4 rings (SSSR count). The van der Waals surface area contributed by atoms with Crippen molar-refractivity contribution in [1.29, 1.82) is 0 Å². The number of hydrogen-bond acceptors (Lipinski definition) is 5. The minimum atomic E-state index is 0. The van der Waals surface area contributed by atoms with Crippen molar-refractivity contribution in [3.8, 4) is 17.2 Å². The van der Waals surface area contributed by atoms with Gasteiger partial charge in [0.2, 0.25) is 0 Å². The van der Waals surface area contributed by atoms with Crippen LogP contribution in [0.4, 0.5) is 5.69 Å². The molecule has 0 aliphatic carbocycles. The van der Waals surface area contributed by atoms with Gasteiger partial charge in [-0.25, -0.2) is 4.68 Å². The fourth-order valence-corrected chi connectivity index (χ4v) is 3.81. The Morgan fingerprint density at radius 1 is 0.879 bits per heavy atom. The van der Waals surface area contributed by atoms with Crippen molar-refractivity contribution in [2.75, 3.05) is 52.3 Å². The molecule has 1 saturated heterocycles. The summed E-state index contributed by atoms with van der Waals surface area (Å²) in [6.45, 7) is 4.32. The second-order valence-electron chi connectivity index (χ2n) is 7.52. The molecule has 0 radical (unpaired) electrons. The second kappa shape index (κ2) is 11.8. The lowest BCUT2D eigenvalue weighted by atomic mass is 10.2. The SMILES string of the molecule is CN=C(NCc1ccn(-c2ccc(OC)cc2)n1)N1CCN(c2ccc(OC)cc2)CC1.I. The number of methoxy groups -OCH3 is 2. The van der Waals surface area contributed by atoms with E-state index in [4.69, 9.17) is 9.47 Å². The summed E-state index contributed by atoms with van der Waals surface area (Å²) in [5, 5.41) is 8.13. The summed E-state index contributed by atoms with van der Waals surface area (Å²) < 4.78 is 12.3. The van der Waals surface area contributed by atoms with E-state index in [1.807, 2.05) is 60.4 Å². The van der Waals surface area contributed by atoms with E-state index < -0.39 is 0 Å². The molecule has 0 bridgehead atoms. The number of aliphatic imine (C=N–C) groups is 1. The third kappa shape index (κ3) is 6.10. The molecule has 1 fully saturated rings. The maximum absolute atomic E-state index is 5.26. The summed E-state index contributed by atoms with van der Waals surface area (Å²) >= 11 is 0. The van der Waals surface area contributed by atoms with Crippen LogP contribution in [0, 0.1) is 0 Å². The minimum Gasteiger partial charge on any atom is -0.497 e. The fourth-order valence-electron chi connectivity index (χ4n) is 3.81. The van der Waals surface area contributed by atoms with E-state index in [1.54, 1.807) is 14.2 Å². The molecule has 2 heterocycles. The summed E-state index contributed by atoms with van der Waals surface area (Å²) in [6.07, 6.45) is 1.97. The van der Waals surface area contributed by atoms with Gasteiger partial charge < -0.3 is 24.6 Å². The van der Waals surface area contributed by atoms with Crippen molar-refractivity contribution in [2.24, 2.45) is 4.99 Å². The second-order valence-corrected chi connectivity index (χ2v) is 7.52. The quantitative estimate of drug-likeness (QED) is 0.282. The average Bonchev–Trinajstić information content (AvgIpc) is 3.34. The summed E-state index contributed by atoms with van der Waals surface area (Å²) in [5.41, 5.74) is 3.17. The molecule has 1 aromatic heterocycles. The zero-order valence-electron chi connectivity index (χ0n) is 19.3. The smallest absolute Gasteiger partial charge is 0.194 e. The number of anilines is 1. The Morgan fingerprint density at radius 2 is 1.45 bits per heavy atom. The normalized spacial score (nSPS) is 14.0. The number of ether oxygens (including phenoxy) is 2.